The lowest BCUT2D eigenvalue weighted by Gasteiger charge is -2.32. The van der Waals surface area contributed by atoms with E-state index in [1.54, 1.807) is 0 Å². The lowest BCUT2D eigenvalue weighted by atomic mass is 9.89. The van der Waals surface area contributed by atoms with Crippen LogP contribution in [0.5, 0.6) is 0 Å². The minimum Gasteiger partial charge on any atom is -0.299 e. The fourth-order valence-corrected chi connectivity index (χ4v) is 3.09. The van der Waals surface area contributed by atoms with Gasteiger partial charge in [-0.1, -0.05) is 54.1 Å². The molecule has 0 amide bonds. The fraction of sp³-hybridized carbons (Fsp3) is 0.278. The molecule has 108 valence electrons. The second-order valence-electron chi connectivity index (χ2n) is 5.54. The lowest BCUT2D eigenvalue weighted by molar-refractivity contribution is -0.123. The van der Waals surface area contributed by atoms with E-state index in [1.165, 1.54) is 5.56 Å². The van der Waals surface area contributed by atoms with E-state index >= 15 is 0 Å². The maximum atomic E-state index is 12.2. The summed E-state index contributed by atoms with van der Waals surface area (Å²) in [5.41, 5.74) is 2.32. The van der Waals surface area contributed by atoms with Gasteiger partial charge in [-0.05, 0) is 23.3 Å². The number of nitrogens with zero attached hydrogens (tertiary/aromatic N) is 1. The number of carbonyl (C=O) groups is 1. The molecule has 0 spiro atoms. The van der Waals surface area contributed by atoms with Gasteiger partial charge in [-0.15, -0.1) is 0 Å². The first-order chi connectivity index (χ1) is 10.2. The van der Waals surface area contributed by atoms with Gasteiger partial charge in [0, 0.05) is 31.1 Å². The summed E-state index contributed by atoms with van der Waals surface area (Å²) >= 11 is 6.05. The highest BCUT2D eigenvalue weighted by atomic mass is 35.5. The molecule has 0 aliphatic carbocycles. The van der Waals surface area contributed by atoms with E-state index in [0.29, 0.717) is 17.2 Å². The van der Waals surface area contributed by atoms with E-state index in [9.17, 15) is 4.79 Å². The molecule has 1 atom stereocenters. The Labute approximate surface area is 130 Å². The first-order valence-corrected chi connectivity index (χ1v) is 7.64. The normalized spacial score (nSPS) is 19.7. The van der Waals surface area contributed by atoms with Gasteiger partial charge in [0.2, 0.25) is 0 Å². The number of hydrogen-bond donors (Lipinski definition) is 0. The highest BCUT2D eigenvalue weighted by molar-refractivity contribution is 6.30. The Morgan fingerprint density at radius 2 is 1.90 bits per heavy atom. The van der Waals surface area contributed by atoms with Crippen molar-refractivity contribution in [2.45, 2.75) is 18.9 Å². The van der Waals surface area contributed by atoms with Gasteiger partial charge in [0.1, 0.15) is 5.78 Å². The van der Waals surface area contributed by atoms with Crippen LogP contribution in [0.25, 0.3) is 0 Å². The van der Waals surface area contributed by atoms with Crippen LogP contribution < -0.4 is 0 Å². The van der Waals surface area contributed by atoms with Crippen molar-refractivity contribution in [3.8, 4) is 0 Å². The quantitative estimate of drug-likeness (QED) is 0.857. The molecule has 1 saturated heterocycles. The maximum Gasteiger partial charge on any atom is 0.142 e. The second kappa shape index (κ2) is 6.42. The Morgan fingerprint density at radius 3 is 2.67 bits per heavy atom. The number of halogens is 1. The van der Waals surface area contributed by atoms with Crippen LogP contribution in [0.1, 0.15) is 23.5 Å². The topological polar surface area (TPSA) is 20.3 Å². The summed E-state index contributed by atoms with van der Waals surface area (Å²) in [6.07, 6.45) is 0.615. The molecule has 0 N–H and O–H groups in total. The van der Waals surface area contributed by atoms with E-state index in [0.717, 1.165) is 25.2 Å². The largest absolute Gasteiger partial charge is 0.299 e. The Morgan fingerprint density at radius 1 is 1.10 bits per heavy atom. The predicted octanol–water partition coefficient (Wildman–Crippen LogP) is 3.90. The minimum absolute atomic E-state index is 0.0545. The molecule has 21 heavy (non-hydrogen) atoms. The zero-order valence-electron chi connectivity index (χ0n) is 11.8. The molecule has 1 heterocycles. The third-order valence-corrected chi connectivity index (χ3v) is 4.24. The summed E-state index contributed by atoms with van der Waals surface area (Å²) in [7, 11) is 0. The molecule has 1 unspecified atom stereocenters. The van der Waals surface area contributed by atoms with Gasteiger partial charge >= 0.3 is 0 Å². The van der Waals surface area contributed by atoms with Crippen molar-refractivity contribution in [3.05, 3.63) is 70.7 Å². The third-order valence-electron chi connectivity index (χ3n) is 4.00. The molecule has 2 aromatic carbocycles. The fourth-order valence-electron chi connectivity index (χ4n) is 2.89. The molecule has 1 fully saturated rings. The summed E-state index contributed by atoms with van der Waals surface area (Å²) in [5.74, 6) is 0.266. The van der Waals surface area contributed by atoms with Gasteiger partial charge < -0.3 is 0 Å². The van der Waals surface area contributed by atoms with Crippen LogP contribution in [0.2, 0.25) is 5.02 Å². The van der Waals surface area contributed by atoms with Crippen LogP contribution in [-0.2, 0) is 11.3 Å². The van der Waals surface area contributed by atoms with Crippen molar-refractivity contribution in [1.82, 2.24) is 4.90 Å². The summed E-state index contributed by atoms with van der Waals surface area (Å²) in [4.78, 5) is 14.6. The van der Waals surface area contributed by atoms with Gasteiger partial charge in [0.25, 0.3) is 0 Å². The Hall–Kier alpha value is -1.64. The van der Waals surface area contributed by atoms with Gasteiger partial charge in [0.05, 0.1) is 5.92 Å². The summed E-state index contributed by atoms with van der Waals surface area (Å²) < 4.78 is 0. The van der Waals surface area contributed by atoms with Gasteiger partial charge in [-0.3, -0.25) is 9.69 Å². The zero-order valence-corrected chi connectivity index (χ0v) is 12.6. The Balaban J connectivity index is 1.74. The van der Waals surface area contributed by atoms with Crippen molar-refractivity contribution in [1.29, 1.82) is 0 Å². The van der Waals surface area contributed by atoms with E-state index in [-0.39, 0.29) is 5.92 Å². The van der Waals surface area contributed by atoms with Gasteiger partial charge in [0.15, 0.2) is 0 Å². The molecule has 3 heteroatoms. The first-order valence-electron chi connectivity index (χ1n) is 7.27. The molecule has 0 radical (unpaired) electrons. The van der Waals surface area contributed by atoms with E-state index in [2.05, 4.69) is 29.2 Å². The maximum absolute atomic E-state index is 12.2. The average Bonchev–Trinajstić information content (AvgIpc) is 2.50. The molecule has 2 nitrogen and oxygen atoms in total. The highest BCUT2D eigenvalue weighted by Crippen LogP contribution is 2.26. The lowest BCUT2D eigenvalue weighted by Crippen LogP contribution is -2.39. The molecule has 0 saturated carbocycles. The number of rotatable bonds is 3. The van der Waals surface area contributed by atoms with Crippen molar-refractivity contribution >= 4 is 17.4 Å². The summed E-state index contributed by atoms with van der Waals surface area (Å²) in [6.45, 7) is 2.50. The summed E-state index contributed by atoms with van der Waals surface area (Å²) in [6, 6.07) is 18.1. The van der Waals surface area contributed by atoms with Crippen molar-refractivity contribution in [2.24, 2.45) is 0 Å². The number of piperidine rings is 1. The standard InChI is InChI=1S/C18H18ClNO/c19-16-8-4-7-15(11-16)17-13-20(10-9-18(17)21)12-14-5-2-1-3-6-14/h1-8,11,17H,9-10,12-13H2. The smallest absolute Gasteiger partial charge is 0.142 e. The summed E-state index contributed by atoms with van der Waals surface area (Å²) in [5, 5.41) is 0.695. The van der Waals surface area contributed by atoms with Crippen molar-refractivity contribution in [3.63, 3.8) is 0 Å². The molecular weight excluding hydrogens is 282 g/mol. The van der Waals surface area contributed by atoms with Crippen molar-refractivity contribution < 1.29 is 4.79 Å². The van der Waals surface area contributed by atoms with Crippen LogP contribution >= 0.6 is 11.6 Å². The highest BCUT2D eigenvalue weighted by Gasteiger charge is 2.28. The SMILES string of the molecule is O=C1CCN(Cc2ccccc2)CC1c1cccc(Cl)c1. The Bertz CT molecular complexity index is 626. The van der Waals surface area contributed by atoms with E-state index < -0.39 is 0 Å². The molecule has 1 aliphatic rings. The minimum atomic E-state index is -0.0545. The van der Waals surface area contributed by atoms with E-state index in [4.69, 9.17) is 11.6 Å². The number of hydrogen-bond acceptors (Lipinski definition) is 2. The number of ketones is 1. The molecule has 1 aliphatic heterocycles. The van der Waals surface area contributed by atoms with Crippen LogP contribution in [-0.4, -0.2) is 23.8 Å². The van der Waals surface area contributed by atoms with Crippen LogP contribution in [0.15, 0.2) is 54.6 Å². The zero-order chi connectivity index (χ0) is 14.7. The average molecular weight is 300 g/mol. The third kappa shape index (κ3) is 3.52. The monoisotopic (exact) mass is 299 g/mol. The van der Waals surface area contributed by atoms with E-state index in [1.807, 2.05) is 30.3 Å². The first kappa shape index (κ1) is 14.3. The molecular formula is C18H18ClNO. The van der Waals surface area contributed by atoms with Crippen LogP contribution in [0.4, 0.5) is 0 Å². The number of likely N-dealkylation sites (tertiary alicyclic amines) is 1. The van der Waals surface area contributed by atoms with Gasteiger partial charge in [-0.25, -0.2) is 0 Å². The van der Waals surface area contributed by atoms with Crippen molar-refractivity contribution in [2.75, 3.05) is 13.1 Å². The molecule has 0 aromatic heterocycles. The predicted molar refractivity (Wildman–Crippen MR) is 85.5 cm³/mol. The number of benzene rings is 2. The number of Topliss-reactive ketones (excluding diaryl/α,β-unsaturated/α-hetero) is 1. The van der Waals surface area contributed by atoms with Gasteiger partial charge in [-0.2, -0.15) is 0 Å². The Kier molecular flexibility index (Phi) is 4.37. The van der Waals surface area contributed by atoms with Crippen LogP contribution in [0, 0.1) is 0 Å². The molecule has 0 bridgehead atoms. The van der Waals surface area contributed by atoms with Crippen LogP contribution in [0.3, 0.4) is 0 Å². The molecule has 2 aromatic rings. The molecule has 3 rings (SSSR count). The number of carbonyl (C=O) groups excluding carboxylic acids is 1. The second-order valence-corrected chi connectivity index (χ2v) is 5.98.